The van der Waals surface area contributed by atoms with E-state index in [1.807, 2.05) is 12.1 Å². The first-order valence-corrected chi connectivity index (χ1v) is 8.70. The van der Waals surface area contributed by atoms with Crippen molar-refractivity contribution in [2.24, 2.45) is 5.92 Å². The SMILES string of the molecule is C[C@H](C=O)[C@@H](C[N+](=O)[O-])c1cccc2cc(C3CCCC3)ccc12. The lowest BCUT2D eigenvalue weighted by Gasteiger charge is -2.19. The second-order valence-electron chi connectivity index (χ2n) is 6.93. The molecule has 0 radical (unpaired) electrons. The van der Waals surface area contributed by atoms with Crippen LogP contribution in [0.5, 0.6) is 0 Å². The number of fused-ring (bicyclic) bond motifs is 1. The van der Waals surface area contributed by atoms with E-state index in [4.69, 9.17) is 0 Å². The highest BCUT2D eigenvalue weighted by atomic mass is 16.6. The van der Waals surface area contributed by atoms with Gasteiger partial charge in [-0.3, -0.25) is 10.1 Å². The minimum Gasteiger partial charge on any atom is -0.303 e. The molecule has 24 heavy (non-hydrogen) atoms. The minimum absolute atomic E-state index is 0.219. The first kappa shape index (κ1) is 16.6. The number of hydrogen-bond acceptors (Lipinski definition) is 3. The summed E-state index contributed by atoms with van der Waals surface area (Å²) in [6.45, 7) is 1.54. The maximum atomic E-state index is 11.2. The van der Waals surface area contributed by atoms with E-state index >= 15 is 0 Å². The van der Waals surface area contributed by atoms with Crippen LogP contribution in [0.2, 0.25) is 0 Å². The molecule has 0 spiro atoms. The molecule has 1 fully saturated rings. The zero-order valence-corrected chi connectivity index (χ0v) is 14.0. The van der Waals surface area contributed by atoms with Gasteiger partial charge < -0.3 is 4.79 Å². The third-order valence-corrected chi connectivity index (χ3v) is 5.36. The summed E-state index contributed by atoms with van der Waals surface area (Å²) >= 11 is 0. The molecule has 1 aliphatic carbocycles. The summed E-state index contributed by atoms with van der Waals surface area (Å²) < 4.78 is 0. The van der Waals surface area contributed by atoms with Gasteiger partial charge in [0.25, 0.3) is 0 Å². The smallest absolute Gasteiger partial charge is 0.211 e. The number of nitrogens with zero attached hydrogens (tertiary/aromatic N) is 1. The molecule has 2 aromatic rings. The van der Waals surface area contributed by atoms with E-state index in [0.717, 1.165) is 22.6 Å². The lowest BCUT2D eigenvalue weighted by atomic mass is 9.84. The normalized spacial score (nSPS) is 17.7. The van der Waals surface area contributed by atoms with Crippen LogP contribution < -0.4 is 0 Å². The maximum absolute atomic E-state index is 11.2. The molecule has 3 rings (SSSR count). The zero-order chi connectivity index (χ0) is 17.1. The topological polar surface area (TPSA) is 60.2 Å². The van der Waals surface area contributed by atoms with Crippen LogP contribution in [0.15, 0.2) is 36.4 Å². The van der Waals surface area contributed by atoms with Crippen molar-refractivity contribution < 1.29 is 9.72 Å². The van der Waals surface area contributed by atoms with Gasteiger partial charge in [-0.05, 0) is 40.7 Å². The van der Waals surface area contributed by atoms with E-state index in [2.05, 4.69) is 24.3 Å². The van der Waals surface area contributed by atoms with Gasteiger partial charge in [0.05, 0.1) is 5.92 Å². The summed E-state index contributed by atoms with van der Waals surface area (Å²) in [6, 6.07) is 12.4. The molecule has 0 amide bonds. The van der Waals surface area contributed by atoms with E-state index in [-0.39, 0.29) is 17.4 Å². The van der Waals surface area contributed by atoms with Gasteiger partial charge in [0.2, 0.25) is 6.54 Å². The van der Waals surface area contributed by atoms with Crippen molar-refractivity contribution >= 4 is 17.1 Å². The fourth-order valence-corrected chi connectivity index (χ4v) is 3.97. The van der Waals surface area contributed by atoms with Gasteiger partial charge in [-0.25, -0.2) is 0 Å². The number of carbonyl (C=O) groups excluding carboxylic acids is 1. The Morgan fingerprint density at radius 3 is 2.67 bits per heavy atom. The van der Waals surface area contributed by atoms with Gasteiger partial charge in [-0.2, -0.15) is 0 Å². The van der Waals surface area contributed by atoms with E-state index in [1.54, 1.807) is 6.92 Å². The molecule has 0 heterocycles. The van der Waals surface area contributed by atoms with Gasteiger partial charge in [0.1, 0.15) is 6.29 Å². The molecule has 0 unspecified atom stereocenters. The number of nitro groups is 1. The third-order valence-electron chi connectivity index (χ3n) is 5.36. The van der Waals surface area contributed by atoms with Gasteiger partial charge in [0.15, 0.2) is 0 Å². The standard InChI is InChI=1S/C20H23NO3/c1-14(13-22)20(12-21(23)24)19-8-4-7-17-11-16(9-10-18(17)19)15-5-2-3-6-15/h4,7-11,13-15,20H,2-3,5-6,12H2,1H3/t14-,20-/m1/s1. The van der Waals surface area contributed by atoms with Crippen LogP contribution in [-0.4, -0.2) is 17.8 Å². The van der Waals surface area contributed by atoms with Crippen LogP contribution in [0, 0.1) is 16.0 Å². The summed E-state index contributed by atoms with van der Waals surface area (Å²) in [5.41, 5.74) is 2.27. The maximum Gasteiger partial charge on any atom is 0.211 e. The molecule has 4 heteroatoms. The van der Waals surface area contributed by atoms with Crippen molar-refractivity contribution in [3.05, 3.63) is 57.6 Å². The molecular formula is C20H23NO3. The molecule has 0 aliphatic heterocycles. The molecule has 4 nitrogen and oxygen atoms in total. The van der Waals surface area contributed by atoms with Crippen LogP contribution >= 0.6 is 0 Å². The van der Waals surface area contributed by atoms with Gasteiger partial charge in [-0.1, -0.05) is 56.2 Å². The quantitative estimate of drug-likeness (QED) is 0.439. The largest absolute Gasteiger partial charge is 0.303 e. The Balaban J connectivity index is 2.03. The number of carbonyl (C=O) groups is 1. The van der Waals surface area contributed by atoms with Gasteiger partial charge in [-0.15, -0.1) is 0 Å². The lowest BCUT2D eigenvalue weighted by Crippen LogP contribution is -2.20. The zero-order valence-electron chi connectivity index (χ0n) is 14.0. The molecule has 0 bridgehead atoms. The fourth-order valence-electron chi connectivity index (χ4n) is 3.97. The third kappa shape index (κ3) is 3.32. The fraction of sp³-hybridized carbons (Fsp3) is 0.450. The highest BCUT2D eigenvalue weighted by Gasteiger charge is 2.26. The summed E-state index contributed by atoms with van der Waals surface area (Å²) in [5, 5.41) is 13.2. The van der Waals surface area contributed by atoms with E-state index in [9.17, 15) is 14.9 Å². The number of hydrogen-bond donors (Lipinski definition) is 0. The molecule has 0 N–H and O–H groups in total. The Morgan fingerprint density at radius 1 is 1.25 bits per heavy atom. The molecule has 2 atom stereocenters. The highest BCUT2D eigenvalue weighted by molar-refractivity contribution is 5.87. The van der Waals surface area contributed by atoms with E-state index in [1.165, 1.54) is 31.2 Å². The molecular weight excluding hydrogens is 302 g/mol. The molecule has 2 aromatic carbocycles. The predicted octanol–water partition coefficient (Wildman–Crippen LogP) is 4.69. The molecule has 0 aromatic heterocycles. The minimum atomic E-state index is -0.390. The summed E-state index contributed by atoms with van der Waals surface area (Å²) in [5.74, 6) is -0.129. The number of benzene rings is 2. The number of aldehydes is 1. The number of rotatable bonds is 6. The first-order valence-electron chi connectivity index (χ1n) is 8.70. The first-order chi connectivity index (χ1) is 11.6. The molecule has 1 saturated carbocycles. The Kier molecular flexibility index (Phi) is 4.93. The van der Waals surface area contributed by atoms with Gasteiger partial charge >= 0.3 is 0 Å². The van der Waals surface area contributed by atoms with Crippen LogP contribution in [0.4, 0.5) is 0 Å². The summed E-state index contributed by atoms with van der Waals surface area (Å²) in [7, 11) is 0. The van der Waals surface area contributed by atoms with Crippen molar-refractivity contribution in [2.45, 2.75) is 44.4 Å². The lowest BCUT2D eigenvalue weighted by molar-refractivity contribution is -0.484. The summed E-state index contributed by atoms with van der Waals surface area (Å²) in [6.07, 6.45) is 5.91. The molecule has 1 aliphatic rings. The molecule has 126 valence electrons. The predicted molar refractivity (Wildman–Crippen MR) is 95.0 cm³/mol. The van der Waals surface area contributed by atoms with Crippen LogP contribution in [-0.2, 0) is 4.79 Å². The van der Waals surface area contributed by atoms with Crippen molar-refractivity contribution in [3.63, 3.8) is 0 Å². The van der Waals surface area contributed by atoms with Crippen molar-refractivity contribution in [2.75, 3.05) is 6.54 Å². The second kappa shape index (κ2) is 7.12. The summed E-state index contributed by atoms with van der Waals surface area (Å²) in [4.78, 5) is 22.0. The van der Waals surface area contributed by atoms with Crippen molar-refractivity contribution in [1.82, 2.24) is 0 Å². The molecule has 0 saturated heterocycles. The Morgan fingerprint density at radius 2 is 2.00 bits per heavy atom. The Bertz CT molecular complexity index is 750. The monoisotopic (exact) mass is 325 g/mol. The van der Waals surface area contributed by atoms with Crippen molar-refractivity contribution in [3.8, 4) is 0 Å². The van der Waals surface area contributed by atoms with E-state index in [0.29, 0.717) is 5.92 Å². The average Bonchev–Trinajstić information content (AvgIpc) is 3.12. The Labute approximate surface area is 142 Å². The Hall–Kier alpha value is -2.23. The van der Waals surface area contributed by atoms with Crippen molar-refractivity contribution in [1.29, 1.82) is 0 Å². The van der Waals surface area contributed by atoms with Crippen LogP contribution in [0.25, 0.3) is 10.8 Å². The average molecular weight is 325 g/mol. The van der Waals surface area contributed by atoms with Crippen LogP contribution in [0.1, 0.15) is 55.6 Å². The highest BCUT2D eigenvalue weighted by Crippen LogP contribution is 2.37. The second-order valence-corrected chi connectivity index (χ2v) is 6.93. The van der Waals surface area contributed by atoms with E-state index < -0.39 is 5.92 Å². The van der Waals surface area contributed by atoms with Gasteiger partial charge in [0, 0.05) is 10.8 Å². The van der Waals surface area contributed by atoms with Crippen LogP contribution in [0.3, 0.4) is 0 Å².